The van der Waals surface area contributed by atoms with Gasteiger partial charge in [-0.25, -0.2) is 17.6 Å². The Morgan fingerprint density at radius 2 is 1.95 bits per heavy atom. The number of rotatable bonds is 1. The molecular formula is C12H15FN2O5S. The number of ether oxygens (including phenoxy) is 1. The van der Waals surface area contributed by atoms with E-state index in [0.29, 0.717) is 17.3 Å². The minimum absolute atomic E-state index is 0.347. The summed E-state index contributed by atoms with van der Waals surface area (Å²) in [5.41, 5.74) is 1.13. The number of hydrogen-bond donors (Lipinski definition) is 0. The van der Waals surface area contributed by atoms with Crippen LogP contribution in [0.25, 0.3) is 10.9 Å². The molecule has 0 radical (unpaired) electrons. The van der Waals surface area contributed by atoms with Crippen LogP contribution in [-0.2, 0) is 29.0 Å². The fourth-order valence-electron chi connectivity index (χ4n) is 1.80. The average Bonchev–Trinajstić information content (AvgIpc) is 2.59. The summed E-state index contributed by atoms with van der Waals surface area (Å²) in [6, 6.07) is 4.34. The van der Waals surface area contributed by atoms with Crippen LogP contribution in [0.2, 0.25) is 0 Å². The lowest BCUT2D eigenvalue weighted by atomic mass is 10.2. The van der Waals surface area contributed by atoms with Crippen molar-refractivity contribution in [3.63, 3.8) is 0 Å². The average molecular weight is 318 g/mol. The van der Waals surface area contributed by atoms with E-state index >= 15 is 0 Å². The highest BCUT2D eigenvalue weighted by Gasteiger charge is 2.27. The minimum Gasteiger partial charge on any atom is -0.748 e. The smallest absolute Gasteiger partial charge is 0.406 e. The summed E-state index contributed by atoms with van der Waals surface area (Å²) in [6.07, 6.45) is 0.604. The molecule has 0 aliphatic carbocycles. The van der Waals surface area contributed by atoms with Crippen molar-refractivity contribution < 1.29 is 31.6 Å². The predicted octanol–water partition coefficient (Wildman–Crippen LogP) is 0.0899. The molecule has 0 fully saturated rings. The fraction of sp³-hybridized carbons (Fsp3) is 0.333. The first-order valence-corrected chi connectivity index (χ1v) is 7.51. The molecule has 0 bridgehead atoms. The van der Waals surface area contributed by atoms with Crippen LogP contribution >= 0.6 is 0 Å². The lowest BCUT2D eigenvalue weighted by molar-refractivity contribution is -0.750. The van der Waals surface area contributed by atoms with Crippen LogP contribution in [0.4, 0.5) is 4.39 Å². The van der Waals surface area contributed by atoms with Crippen molar-refractivity contribution in [2.45, 2.75) is 0 Å². The van der Waals surface area contributed by atoms with Crippen LogP contribution in [0.15, 0.2) is 18.2 Å². The second-order valence-electron chi connectivity index (χ2n) is 4.25. The van der Waals surface area contributed by atoms with Crippen LogP contribution in [0.1, 0.15) is 10.5 Å². The van der Waals surface area contributed by atoms with Gasteiger partial charge in [0.15, 0.2) is 7.05 Å². The number of nitrogens with zero attached hydrogens (tertiary/aromatic N) is 2. The van der Waals surface area contributed by atoms with Crippen LogP contribution in [-0.4, -0.2) is 37.0 Å². The van der Waals surface area contributed by atoms with Crippen LogP contribution in [0.5, 0.6) is 0 Å². The van der Waals surface area contributed by atoms with Gasteiger partial charge in [0.25, 0.3) is 0 Å². The van der Waals surface area contributed by atoms with E-state index in [1.165, 1.54) is 19.2 Å². The van der Waals surface area contributed by atoms with Gasteiger partial charge in [0, 0.05) is 6.26 Å². The van der Waals surface area contributed by atoms with E-state index in [1.54, 1.807) is 29.5 Å². The molecule has 0 unspecified atom stereocenters. The summed E-state index contributed by atoms with van der Waals surface area (Å²) in [5, 5.41) is 0.553. The van der Waals surface area contributed by atoms with E-state index in [9.17, 15) is 9.18 Å². The number of hydrogen-bond acceptors (Lipinski definition) is 5. The maximum Gasteiger partial charge on any atom is 0.406 e. The summed E-state index contributed by atoms with van der Waals surface area (Å²) in [5.74, 6) is -0.845. The number of halogens is 1. The third-order valence-electron chi connectivity index (χ3n) is 2.71. The zero-order valence-electron chi connectivity index (χ0n) is 12.0. The molecule has 0 saturated carbocycles. The van der Waals surface area contributed by atoms with Gasteiger partial charge in [0.2, 0.25) is 0 Å². The van der Waals surface area contributed by atoms with E-state index in [-0.39, 0.29) is 5.82 Å². The van der Waals surface area contributed by atoms with Gasteiger partial charge in [-0.15, -0.1) is 4.68 Å². The molecule has 1 heterocycles. The quantitative estimate of drug-likeness (QED) is 0.422. The number of aromatic nitrogens is 2. The normalized spacial score (nSPS) is 11.0. The standard InChI is InChI=1S/C11H12FN2O2.CH4O3S/c1-13-9-5-4-7(12)6-8(9)10(14(13)2)11(15)16-3;1-5(2,3)4/h4-6H,1-3H3;1H3,(H,2,3,4)/q+1;/p-1. The lowest BCUT2D eigenvalue weighted by Crippen LogP contribution is -2.42. The Morgan fingerprint density at radius 3 is 2.43 bits per heavy atom. The molecule has 7 nitrogen and oxygen atoms in total. The van der Waals surface area contributed by atoms with Crippen molar-refractivity contribution in [2.24, 2.45) is 14.1 Å². The summed E-state index contributed by atoms with van der Waals surface area (Å²) in [7, 11) is 0.914. The van der Waals surface area contributed by atoms with Gasteiger partial charge in [0.05, 0.1) is 29.7 Å². The number of methoxy groups -OCH3 is 1. The zero-order valence-corrected chi connectivity index (χ0v) is 12.8. The molecule has 2 aromatic rings. The number of fused-ring (bicyclic) bond motifs is 1. The van der Waals surface area contributed by atoms with Crippen LogP contribution in [0, 0.1) is 5.82 Å². The number of carbonyl (C=O) groups excluding carboxylic acids is 1. The molecule has 0 atom stereocenters. The highest BCUT2D eigenvalue weighted by Crippen LogP contribution is 2.18. The van der Waals surface area contributed by atoms with E-state index in [4.69, 9.17) is 13.0 Å². The fourth-order valence-corrected chi connectivity index (χ4v) is 1.80. The first-order valence-electron chi connectivity index (χ1n) is 5.69. The third-order valence-corrected chi connectivity index (χ3v) is 2.71. The second-order valence-corrected chi connectivity index (χ2v) is 5.66. The first kappa shape index (κ1) is 17.1. The van der Waals surface area contributed by atoms with Crippen molar-refractivity contribution >= 4 is 27.0 Å². The van der Waals surface area contributed by atoms with Gasteiger partial charge in [-0.05, 0) is 18.2 Å². The minimum atomic E-state index is -3.92. The van der Waals surface area contributed by atoms with Gasteiger partial charge in [0.1, 0.15) is 11.3 Å². The molecule has 0 N–H and O–H groups in total. The van der Waals surface area contributed by atoms with Crippen molar-refractivity contribution in [1.82, 2.24) is 4.68 Å². The molecule has 1 aromatic heterocycles. The molecule has 1 aromatic carbocycles. The van der Waals surface area contributed by atoms with Crippen LogP contribution < -0.4 is 4.68 Å². The molecule has 0 amide bonds. The third kappa shape index (κ3) is 4.23. The number of esters is 1. The Labute approximate surface area is 121 Å². The Bertz CT molecular complexity index is 775. The molecule has 9 heteroatoms. The zero-order chi connectivity index (χ0) is 16.4. The predicted molar refractivity (Wildman–Crippen MR) is 71.0 cm³/mol. The maximum absolute atomic E-state index is 13.2. The Morgan fingerprint density at radius 1 is 1.43 bits per heavy atom. The van der Waals surface area contributed by atoms with Gasteiger partial charge in [-0.3, -0.25) is 0 Å². The molecule has 0 saturated heterocycles. The van der Waals surface area contributed by atoms with E-state index in [2.05, 4.69) is 4.74 Å². The molecule has 0 aliphatic heterocycles. The van der Waals surface area contributed by atoms with Crippen LogP contribution in [0.3, 0.4) is 0 Å². The largest absolute Gasteiger partial charge is 0.748 e. The van der Waals surface area contributed by atoms with Gasteiger partial charge < -0.3 is 9.29 Å². The monoisotopic (exact) mass is 318 g/mol. The highest BCUT2D eigenvalue weighted by molar-refractivity contribution is 7.84. The molecule has 116 valence electrons. The molecule has 0 spiro atoms. The first-order chi connectivity index (χ1) is 9.56. The summed E-state index contributed by atoms with van der Waals surface area (Å²) in [4.78, 5) is 11.6. The van der Waals surface area contributed by atoms with Gasteiger partial charge >= 0.3 is 11.7 Å². The van der Waals surface area contributed by atoms with Gasteiger partial charge in [-0.1, -0.05) is 0 Å². The number of benzene rings is 1. The SMILES string of the molecule is COC(=O)c1c2cc(F)ccc2n(C)[n+]1C.CS(=O)(=O)[O-]. The second kappa shape index (κ2) is 6.19. The lowest BCUT2D eigenvalue weighted by Gasteiger charge is -1.93. The van der Waals surface area contributed by atoms with Gasteiger partial charge in [-0.2, -0.15) is 4.68 Å². The topological polar surface area (TPSA) is 92.3 Å². The summed E-state index contributed by atoms with van der Waals surface area (Å²) >= 11 is 0. The maximum atomic E-state index is 13.2. The Balaban J connectivity index is 0.000000383. The van der Waals surface area contributed by atoms with E-state index in [1.807, 2.05) is 0 Å². The Hall–Kier alpha value is -2.00. The number of carbonyl (C=O) groups is 1. The van der Waals surface area contributed by atoms with Crippen molar-refractivity contribution in [3.05, 3.63) is 29.7 Å². The summed E-state index contributed by atoms with van der Waals surface area (Å²) < 4.78 is 48.5. The molecular weight excluding hydrogens is 303 g/mol. The highest BCUT2D eigenvalue weighted by atomic mass is 32.2. The molecule has 21 heavy (non-hydrogen) atoms. The van der Waals surface area contributed by atoms with Crippen molar-refractivity contribution in [1.29, 1.82) is 0 Å². The number of aryl methyl sites for hydroxylation is 1. The molecule has 2 rings (SSSR count). The van der Waals surface area contributed by atoms with E-state index < -0.39 is 16.1 Å². The molecule has 0 aliphatic rings. The van der Waals surface area contributed by atoms with E-state index in [0.717, 1.165) is 5.52 Å². The van der Waals surface area contributed by atoms with Crippen molar-refractivity contribution in [3.8, 4) is 0 Å². The summed E-state index contributed by atoms with van der Waals surface area (Å²) in [6.45, 7) is 0. The Kier molecular flexibility index (Phi) is 5.02. The van der Waals surface area contributed by atoms with Crippen molar-refractivity contribution in [2.75, 3.05) is 13.4 Å².